The Morgan fingerprint density at radius 2 is 1.44 bits per heavy atom. The van der Waals surface area contributed by atoms with Crippen molar-refractivity contribution in [3.63, 3.8) is 0 Å². The summed E-state index contributed by atoms with van der Waals surface area (Å²) >= 11 is 0. The lowest BCUT2D eigenvalue weighted by Gasteiger charge is -2.11. The van der Waals surface area contributed by atoms with E-state index in [0.717, 1.165) is 70.3 Å². The Bertz CT molecular complexity index is 1070. The van der Waals surface area contributed by atoms with Gasteiger partial charge in [-0.15, -0.1) is 0 Å². The Balaban J connectivity index is 1.89. The molecule has 4 rings (SSSR count). The van der Waals surface area contributed by atoms with Crippen molar-refractivity contribution in [2.75, 3.05) is 13.2 Å². The molecule has 4 aromatic rings. The van der Waals surface area contributed by atoms with Crippen LogP contribution in [0.3, 0.4) is 0 Å². The summed E-state index contributed by atoms with van der Waals surface area (Å²) in [7, 11) is 0. The van der Waals surface area contributed by atoms with Crippen LogP contribution in [0.4, 0.5) is 0 Å². The van der Waals surface area contributed by atoms with Gasteiger partial charge in [0.1, 0.15) is 17.0 Å². The number of benzene rings is 2. The zero-order valence-electron chi connectivity index (χ0n) is 15.9. The van der Waals surface area contributed by atoms with Gasteiger partial charge in [0.05, 0.1) is 35.2 Å². The minimum absolute atomic E-state index is 0.690. The summed E-state index contributed by atoms with van der Waals surface area (Å²) in [6.07, 6.45) is 4.24. The third-order valence-corrected chi connectivity index (χ3v) is 4.69. The van der Waals surface area contributed by atoms with Crippen LogP contribution in [0.1, 0.15) is 39.5 Å². The van der Waals surface area contributed by atoms with Crippen LogP contribution >= 0.6 is 0 Å². The lowest BCUT2D eigenvalue weighted by atomic mass is 10.2. The summed E-state index contributed by atoms with van der Waals surface area (Å²) in [5.74, 6) is 1.65. The molecule has 0 saturated heterocycles. The normalized spacial score (nSPS) is 11.5. The van der Waals surface area contributed by atoms with Gasteiger partial charge in [0.25, 0.3) is 0 Å². The average Bonchev–Trinajstić information content (AvgIpc) is 3.06. The van der Waals surface area contributed by atoms with E-state index in [1.165, 1.54) is 0 Å². The number of nitrogens with zero attached hydrogens (tertiary/aromatic N) is 2. The molecule has 27 heavy (non-hydrogen) atoms. The molecule has 2 aromatic carbocycles. The molecule has 2 heterocycles. The average molecular weight is 363 g/mol. The van der Waals surface area contributed by atoms with Crippen molar-refractivity contribution >= 4 is 33.1 Å². The highest BCUT2D eigenvalue weighted by atomic mass is 16.5. The molecule has 140 valence electrons. The second-order valence-electron chi connectivity index (χ2n) is 6.75. The van der Waals surface area contributed by atoms with Crippen LogP contribution in [-0.4, -0.2) is 28.2 Å². The van der Waals surface area contributed by atoms with E-state index in [1.807, 2.05) is 36.4 Å². The van der Waals surface area contributed by atoms with E-state index in [4.69, 9.17) is 19.4 Å². The van der Waals surface area contributed by atoms with Gasteiger partial charge >= 0.3 is 0 Å². The van der Waals surface area contributed by atoms with Crippen molar-refractivity contribution in [1.29, 1.82) is 0 Å². The molecule has 0 radical (unpaired) electrons. The summed E-state index contributed by atoms with van der Waals surface area (Å²) < 4.78 is 12.1. The fourth-order valence-electron chi connectivity index (χ4n) is 3.20. The molecule has 5 nitrogen and oxygen atoms in total. The van der Waals surface area contributed by atoms with E-state index in [2.05, 4.69) is 18.8 Å². The van der Waals surface area contributed by atoms with Crippen molar-refractivity contribution in [3.05, 3.63) is 36.4 Å². The van der Waals surface area contributed by atoms with Gasteiger partial charge in [-0.1, -0.05) is 38.8 Å². The summed E-state index contributed by atoms with van der Waals surface area (Å²) in [6, 6.07) is 11.9. The Hall–Kier alpha value is -2.82. The van der Waals surface area contributed by atoms with Crippen molar-refractivity contribution in [2.24, 2.45) is 0 Å². The number of unbranched alkanes of at least 4 members (excludes halogenated alkanes) is 2. The highest BCUT2D eigenvalue weighted by Crippen LogP contribution is 2.38. The molecular weight excluding hydrogens is 338 g/mol. The van der Waals surface area contributed by atoms with Gasteiger partial charge in [-0.2, -0.15) is 0 Å². The van der Waals surface area contributed by atoms with Gasteiger partial charge in [-0.3, -0.25) is 0 Å². The number of aromatic amines is 1. The third-order valence-electron chi connectivity index (χ3n) is 4.69. The van der Waals surface area contributed by atoms with Gasteiger partial charge in [0.15, 0.2) is 5.65 Å². The fraction of sp³-hybridized carbons (Fsp3) is 0.364. The van der Waals surface area contributed by atoms with Crippen LogP contribution in [-0.2, 0) is 0 Å². The van der Waals surface area contributed by atoms with Crippen molar-refractivity contribution in [1.82, 2.24) is 15.0 Å². The Morgan fingerprint density at radius 1 is 0.815 bits per heavy atom. The first-order valence-electron chi connectivity index (χ1n) is 9.78. The Morgan fingerprint density at radius 3 is 2.15 bits per heavy atom. The third kappa shape index (κ3) is 3.42. The molecule has 1 N–H and O–H groups in total. The van der Waals surface area contributed by atoms with Crippen LogP contribution in [0.2, 0.25) is 0 Å². The number of ether oxygens (including phenoxy) is 2. The zero-order valence-corrected chi connectivity index (χ0v) is 15.9. The van der Waals surface area contributed by atoms with E-state index < -0.39 is 0 Å². The predicted molar refractivity (Wildman–Crippen MR) is 110 cm³/mol. The maximum atomic E-state index is 6.08. The van der Waals surface area contributed by atoms with E-state index in [0.29, 0.717) is 13.2 Å². The van der Waals surface area contributed by atoms with Crippen LogP contribution in [0.25, 0.3) is 33.1 Å². The van der Waals surface area contributed by atoms with Crippen LogP contribution in [0.15, 0.2) is 36.4 Å². The maximum Gasteiger partial charge on any atom is 0.158 e. The second-order valence-corrected chi connectivity index (χ2v) is 6.75. The molecule has 0 unspecified atom stereocenters. The van der Waals surface area contributed by atoms with Crippen molar-refractivity contribution < 1.29 is 9.47 Å². The first-order valence-corrected chi connectivity index (χ1v) is 9.78. The minimum atomic E-state index is 0.690. The second kappa shape index (κ2) is 7.82. The number of rotatable bonds is 8. The Labute approximate surface area is 158 Å². The number of para-hydroxylation sites is 2. The largest absolute Gasteiger partial charge is 0.493 e. The highest BCUT2D eigenvalue weighted by molar-refractivity contribution is 6.10. The Kier molecular flexibility index (Phi) is 5.10. The van der Waals surface area contributed by atoms with Crippen molar-refractivity contribution in [2.45, 2.75) is 39.5 Å². The smallest absolute Gasteiger partial charge is 0.158 e. The topological polar surface area (TPSA) is 60.0 Å². The van der Waals surface area contributed by atoms with Gasteiger partial charge in [-0.25, -0.2) is 9.97 Å². The van der Waals surface area contributed by atoms with Gasteiger partial charge < -0.3 is 14.5 Å². The molecular formula is C22H25N3O2. The van der Waals surface area contributed by atoms with E-state index >= 15 is 0 Å². The molecule has 2 aromatic heterocycles. The number of hydrogen-bond donors (Lipinski definition) is 1. The minimum Gasteiger partial charge on any atom is -0.493 e. The lowest BCUT2D eigenvalue weighted by Crippen LogP contribution is -1.99. The van der Waals surface area contributed by atoms with Gasteiger partial charge in [0.2, 0.25) is 0 Å². The number of H-pyrrole nitrogens is 1. The van der Waals surface area contributed by atoms with Crippen molar-refractivity contribution in [3.8, 4) is 11.5 Å². The van der Waals surface area contributed by atoms with Crippen LogP contribution in [0, 0.1) is 0 Å². The molecule has 5 heteroatoms. The van der Waals surface area contributed by atoms with Gasteiger partial charge in [-0.05, 0) is 37.1 Å². The first-order chi connectivity index (χ1) is 13.3. The maximum absolute atomic E-state index is 6.08. The molecule has 0 saturated carbocycles. The molecule has 0 bridgehead atoms. The highest BCUT2D eigenvalue weighted by Gasteiger charge is 2.17. The number of nitrogens with one attached hydrogen (secondary N) is 1. The molecule has 0 atom stereocenters. The van der Waals surface area contributed by atoms with Crippen LogP contribution < -0.4 is 9.47 Å². The molecule has 0 spiro atoms. The van der Waals surface area contributed by atoms with E-state index in [-0.39, 0.29) is 0 Å². The lowest BCUT2D eigenvalue weighted by molar-refractivity contribution is 0.306. The molecule has 0 aliphatic heterocycles. The predicted octanol–water partition coefficient (Wildman–Crippen LogP) is 5.62. The number of hydrogen-bond acceptors (Lipinski definition) is 4. The fourth-order valence-corrected chi connectivity index (χ4v) is 3.20. The summed E-state index contributed by atoms with van der Waals surface area (Å²) in [4.78, 5) is 13.0. The first kappa shape index (κ1) is 17.6. The monoisotopic (exact) mass is 363 g/mol. The summed E-state index contributed by atoms with van der Waals surface area (Å²) in [5, 5.41) is 0.952. The molecule has 0 aliphatic rings. The molecule has 0 aliphatic carbocycles. The van der Waals surface area contributed by atoms with Crippen LogP contribution in [0.5, 0.6) is 11.5 Å². The number of fused-ring (bicyclic) bond motifs is 4. The number of aromatic nitrogens is 3. The van der Waals surface area contributed by atoms with E-state index in [9.17, 15) is 0 Å². The molecule has 0 amide bonds. The summed E-state index contributed by atoms with van der Waals surface area (Å²) in [5.41, 5.74) is 4.25. The molecule has 0 fully saturated rings. The zero-order chi connectivity index (χ0) is 18.6. The standard InChI is InChI=1S/C22H25N3O2/c1-3-5-13-26-17-11-12-18(27-14-6-4-2)20-19(17)21-22(25-20)24-16-10-8-7-9-15(16)23-21/h7-12H,3-6,13-14H2,1-2H3,(H,24,25). The van der Waals surface area contributed by atoms with E-state index in [1.54, 1.807) is 0 Å². The quantitative estimate of drug-likeness (QED) is 0.413. The SMILES string of the molecule is CCCCOc1ccc(OCCCC)c2c1[nH]c1nc3ccccc3nc12. The summed E-state index contributed by atoms with van der Waals surface area (Å²) in [6.45, 7) is 5.70. The van der Waals surface area contributed by atoms with Gasteiger partial charge in [0, 0.05) is 0 Å².